The van der Waals surface area contributed by atoms with Gasteiger partial charge in [0.2, 0.25) is 0 Å². The van der Waals surface area contributed by atoms with Crippen LogP contribution in [0.3, 0.4) is 0 Å². The van der Waals surface area contributed by atoms with Gasteiger partial charge in [-0.2, -0.15) is 0 Å². The molecule has 0 aliphatic carbocycles. The first-order valence-corrected chi connectivity index (χ1v) is 11.0. The van der Waals surface area contributed by atoms with E-state index in [0.29, 0.717) is 6.42 Å². The number of ether oxygens (including phenoxy) is 1. The molecular formula is C28H25NO3. The highest BCUT2D eigenvalue weighted by molar-refractivity contribution is 5.83. The molecule has 1 aliphatic rings. The summed E-state index contributed by atoms with van der Waals surface area (Å²) in [5.74, 6) is 0.757. The summed E-state index contributed by atoms with van der Waals surface area (Å²) in [5, 5.41) is 12.2. The number of carbonyl (C=O) groups is 1. The van der Waals surface area contributed by atoms with Crippen LogP contribution in [0.2, 0.25) is 0 Å². The Morgan fingerprint density at radius 2 is 1.53 bits per heavy atom. The smallest absolute Gasteiger partial charge is 0.320 e. The zero-order chi connectivity index (χ0) is 21.9. The molecule has 4 aromatic rings. The molecule has 1 aliphatic heterocycles. The maximum Gasteiger partial charge on any atom is 0.320 e. The van der Waals surface area contributed by atoms with Crippen molar-refractivity contribution >= 4 is 16.7 Å². The number of nitrogens with zero attached hydrogens (tertiary/aromatic N) is 1. The standard InChI is InChI=1S/C28H25NO3/c30-28(31)26-14-7-17-29(26)27(23-16-15-20-8-4-5-9-21(20)18-23)22-10-6-13-25(19-22)32-24-11-2-1-3-12-24/h1-6,8-13,15-16,18-19,26-27H,7,14,17H2,(H,30,31). The van der Waals surface area contributed by atoms with E-state index in [2.05, 4.69) is 41.3 Å². The molecule has 1 saturated heterocycles. The summed E-state index contributed by atoms with van der Waals surface area (Å²) in [4.78, 5) is 14.2. The van der Waals surface area contributed by atoms with Gasteiger partial charge in [-0.3, -0.25) is 9.69 Å². The van der Waals surface area contributed by atoms with E-state index in [1.54, 1.807) is 0 Å². The molecule has 0 bridgehead atoms. The summed E-state index contributed by atoms with van der Waals surface area (Å²) in [6.45, 7) is 0.748. The van der Waals surface area contributed by atoms with Crippen LogP contribution in [-0.2, 0) is 4.79 Å². The van der Waals surface area contributed by atoms with Crippen LogP contribution >= 0.6 is 0 Å². The van der Waals surface area contributed by atoms with Crippen molar-refractivity contribution in [3.63, 3.8) is 0 Å². The molecule has 1 fully saturated rings. The largest absolute Gasteiger partial charge is 0.480 e. The van der Waals surface area contributed by atoms with Gasteiger partial charge in [0.25, 0.3) is 0 Å². The minimum Gasteiger partial charge on any atom is -0.480 e. The van der Waals surface area contributed by atoms with Crippen LogP contribution in [0.15, 0.2) is 97.1 Å². The number of fused-ring (bicyclic) bond motifs is 1. The third kappa shape index (κ3) is 4.10. The molecule has 4 nitrogen and oxygen atoms in total. The van der Waals surface area contributed by atoms with Crippen molar-refractivity contribution in [3.8, 4) is 11.5 Å². The van der Waals surface area contributed by atoms with E-state index in [1.807, 2.05) is 60.7 Å². The molecular weight excluding hydrogens is 398 g/mol. The molecule has 1 heterocycles. The van der Waals surface area contributed by atoms with Gasteiger partial charge in [0.15, 0.2) is 0 Å². The Morgan fingerprint density at radius 1 is 0.812 bits per heavy atom. The van der Waals surface area contributed by atoms with Crippen LogP contribution in [0.25, 0.3) is 10.8 Å². The summed E-state index contributed by atoms with van der Waals surface area (Å²) >= 11 is 0. The van der Waals surface area contributed by atoms with Gasteiger partial charge in [-0.1, -0.05) is 66.7 Å². The number of likely N-dealkylation sites (tertiary alicyclic amines) is 1. The first-order chi connectivity index (χ1) is 15.7. The second-order valence-corrected chi connectivity index (χ2v) is 8.23. The van der Waals surface area contributed by atoms with Gasteiger partial charge < -0.3 is 9.84 Å². The minimum atomic E-state index is -0.759. The normalized spacial score (nSPS) is 17.3. The first kappa shape index (κ1) is 20.3. The fourth-order valence-electron chi connectivity index (χ4n) is 4.69. The van der Waals surface area contributed by atoms with Gasteiger partial charge in [0, 0.05) is 6.54 Å². The summed E-state index contributed by atoms with van der Waals surface area (Å²) in [6.07, 6.45) is 1.54. The number of carboxylic acid groups (broad SMARTS) is 1. The van der Waals surface area contributed by atoms with Crippen molar-refractivity contribution < 1.29 is 14.6 Å². The molecule has 2 atom stereocenters. The average Bonchev–Trinajstić information content (AvgIpc) is 3.30. The maximum absolute atomic E-state index is 12.0. The van der Waals surface area contributed by atoms with E-state index in [0.717, 1.165) is 41.0 Å². The molecule has 1 N–H and O–H groups in total. The molecule has 4 heteroatoms. The highest BCUT2D eigenvalue weighted by Gasteiger charge is 2.37. The fourth-order valence-corrected chi connectivity index (χ4v) is 4.69. The Morgan fingerprint density at radius 3 is 2.34 bits per heavy atom. The lowest BCUT2D eigenvalue weighted by atomic mass is 9.94. The number of rotatable bonds is 6. The topological polar surface area (TPSA) is 49.8 Å². The zero-order valence-electron chi connectivity index (χ0n) is 17.7. The van der Waals surface area contributed by atoms with E-state index >= 15 is 0 Å². The molecule has 0 saturated carbocycles. The Kier molecular flexibility index (Phi) is 5.61. The van der Waals surface area contributed by atoms with Crippen molar-refractivity contribution in [3.05, 3.63) is 108 Å². The minimum absolute atomic E-state index is 0.164. The number of carboxylic acids is 1. The molecule has 0 aromatic heterocycles. The Balaban J connectivity index is 1.58. The number of para-hydroxylation sites is 1. The lowest BCUT2D eigenvalue weighted by molar-refractivity contribution is -0.142. The Bertz CT molecular complexity index is 1240. The predicted molar refractivity (Wildman–Crippen MR) is 126 cm³/mol. The number of hydrogen-bond donors (Lipinski definition) is 1. The highest BCUT2D eigenvalue weighted by Crippen LogP contribution is 2.37. The average molecular weight is 424 g/mol. The van der Waals surface area contributed by atoms with Gasteiger partial charge in [0.05, 0.1) is 6.04 Å². The molecule has 0 spiro atoms. The van der Waals surface area contributed by atoms with Gasteiger partial charge in [-0.05, 0) is 65.1 Å². The molecule has 2 unspecified atom stereocenters. The van der Waals surface area contributed by atoms with Gasteiger partial charge in [-0.25, -0.2) is 0 Å². The van der Waals surface area contributed by atoms with E-state index < -0.39 is 12.0 Å². The Labute approximate surface area is 187 Å². The monoisotopic (exact) mass is 423 g/mol. The Hall–Kier alpha value is -3.63. The summed E-state index contributed by atoms with van der Waals surface area (Å²) in [7, 11) is 0. The molecule has 0 radical (unpaired) electrons. The van der Waals surface area contributed by atoms with Gasteiger partial charge >= 0.3 is 5.97 Å². The summed E-state index contributed by atoms with van der Waals surface area (Å²) in [5.41, 5.74) is 2.12. The van der Waals surface area contributed by atoms with Crippen LogP contribution in [-0.4, -0.2) is 28.6 Å². The lowest BCUT2D eigenvalue weighted by Gasteiger charge is -2.32. The van der Waals surface area contributed by atoms with Crippen LogP contribution in [0.5, 0.6) is 11.5 Å². The van der Waals surface area contributed by atoms with Crippen molar-refractivity contribution in [2.24, 2.45) is 0 Å². The molecule has 0 amide bonds. The van der Waals surface area contributed by atoms with E-state index in [-0.39, 0.29) is 6.04 Å². The van der Waals surface area contributed by atoms with Crippen molar-refractivity contribution in [1.29, 1.82) is 0 Å². The number of aliphatic carboxylic acids is 1. The number of hydrogen-bond acceptors (Lipinski definition) is 3. The molecule has 160 valence electrons. The highest BCUT2D eigenvalue weighted by atomic mass is 16.5. The SMILES string of the molecule is O=C(O)C1CCCN1C(c1cccc(Oc2ccccc2)c1)c1ccc2ccccc2c1. The van der Waals surface area contributed by atoms with E-state index in [1.165, 1.54) is 5.39 Å². The van der Waals surface area contributed by atoms with E-state index in [4.69, 9.17) is 4.74 Å². The summed E-state index contributed by atoms with van der Waals surface area (Å²) in [6, 6.07) is 31.7. The first-order valence-electron chi connectivity index (χ1n) is 11.0. The van der Waals surface area contributed by atoms with Crippen LogP contribution < -0.4 is 4.74 Å². The second kappa shape index (κ2) is 8.85. The van der Waals surface area contributed by atoms with Crippen molar-refractivity contribution in [2.75, 3.05) is 6.54 Å². The third-order valence-corrected chi connectivity index (χ3v) is 6.15. The van der Waals surface area contributed by atoms with E-state index in [9.17, 15) is 9.90 Å². The van der Waals surface area contributed by atoms with Crippen molar-refractivity contribution in [1.82, 2.24) is 4.90 Å². The summed E-state index contributed by atoms with van der Waals surface area (Å²) < 4.78 is 6.08. The molecule has 5 rings (SSSR count). The van der Waals surface area contributed by atoms with Gasteiger partial charge in [-0.15, -0.1) is 0 Å². The maximum atomic E-state index is 12.0. The molecule has 32 heavy (non-hydrogen) atoms. The predicted octanol–water partition coefficient (Wildman–Crippen LogP) is 6.27. The van der Waals surface area contributed by atoms with Crippen LogP contribution in [0.4, 0.5) is 0 Å². The third-order valence-electron chi connectivity index (χ3n) is 6.15. The van der Waals surface area contributed by atoms with Gasteiger partial charge in [0.1, 0.15) is 17.5 Å². The lowest BCUT2D eigenvalue weighted by Crippen LogP contribution is -2.39. The number of benzene rings is 4. The van der Waals surface area contributed by atoms with Crippen LogP contribution in [0.1, 0.15) is 30.0 Å². The zero-order valence-corrected chi connectivity index (χ0v) is 17.7. The fraction of sp³-hybridized carbons (Fsp3) is 0.179. The van der Waals surface area contributed by atoms with Crippen LogP contribution in [0, 0.1) is 0 Å². The molecule has 4 aromatic carbocycles. The van der Waals surface area contributed by atoms with Crippen molar-refractivity contribution in [2.45, 2.75) is 24.9 Å². The quantitative estimate of drug-likeness (QED) is 0.397. The second-order valence-electron chi connectivity index (χ2n) is 8.23.